The number of ether oxygens (including phenoxy) is 2. The van der Waals surface area contributed by atoms with Crippen LogP contribution in [0.15, 0.2) is 42.5 Å². The first kappa shape index (κ1) is 26.6. The van der Waals surface area contributed by atoms with E-state index in [1.165, 1.54) is 37.4 Å². The zero-order valence-electron chi connectivity index (χ0n) is 20.4. The minimum absolute atomic E-state index is 0.0646. The summed E-state index contributed by atoms with van der Waals surface area (Å²) in [4.78, 5) is 0. The molecular formula is C29H26F6O2. The average Bonchev–Trinajstić information content (AvgIpc) is 2.90. The lowest BCUT2D eigenvalue weighted by molar-refractivity contribution is 0.314. The molecule has 0 saturated heterocycles. The van der Waals surface area contributed by atoms with E-state index in [2.05, 4.69) is 0 Å². The maximum atomic E-state index is 15.0. The Morgan fingerprint density at radius 2 is 1.32 bits per heavy atom. The molecule has 0 bridgehead atoms. The number of hydrogen-bond donors (Lipinski definition) is 0. The topological polar surface area (TPSA) is 18.5 Å². The lowest BCUT2D eigenvalue weighted by atomic mass is 9.83. The Balaban J connectivity index is 1.48. The summed E-state index contributed by atoms with van der Waals surface area (Å²) in [6.45, 7) is 1.74. The van der Waals surface area contributed by atoms with E-state index in [1.54, 1.807) is 6.92 Å². The van der Waals surface area contributed by atoms with E-state index in [0.29, 0.717) is 37.7 Å². The molecule has 0 aliphatic heterocycles. The normalized spacial score (nSPS) is 15.5. The highest BCUT2D eigenvalue weighted by Crippen LogP contribution is 2.38. The monoisotopic (exact) mass is 520 g/mol. The summed E-state index contributed by atoms with van der Waals surface area (Å²) in [5, 5.41) is 0. The van der Waals surface area contributed by atoms with Gasteiger partial charge in [0, 0.05) is 16.7 Å². The van der Waals surface area contributed by atoms with Crippen LogP contribution in [0.2, 0.25) is 0 Å². The van der Waals surface area contributed by atoms with Crippen LogP contribution in [-0.2, 0) is 6.42 Å². The number of methoxy groups -OCH3 is 1. The van der Waals surface area contributed by atoms with Crippen molar-refractivity contribution < 1.29 is 35.8 Å². The van der Waals surface area contributed by atoms with E-state index in [-0.39, 0.29) is 40.7 Å². The Bertz CT molecular complexity index is 1330. The Morgan fingerprint density at radius 3 is 1.97 bits per heavy atom. The van der Waals surface area contributed by atoms with Crippen molar-refractivity contribution in [3.8, 4) is 22.6 Å². The van der Waals surface area contributed by atoms with Gasteiger partial charge in [-0.25, -0.2) is 17.6 Å². The second-order valence-electron chi connectivity index (χ2n) is 8.92. The summed E-state index contributed by atoms with van der Waals surface area (Å²) in [6.07, 6.45) is 4.44. The third kappa shape index (κ3) is 5.33. The molecule has 1 aliphatic rings. The van der Waals surface area contributed by atoms with Gasteiger partial charge in [0.15, 0.2) is 34.8 Å². The van der Waals surface area contributed by atoms with Gasteiger partial charge in [-0.15, -0.1) is 0 Å². The van der Waals surface area contributed by atoms with Gasteiger partial charge in [-0.2, -0.15) is 8.78 Å². The molecule has 8 heteroatoms. The lowest BCUT2D eigenvalue weighted by Gasteiger charge is -2.23. The average molecular weight is 521 g/mol. The van der Waals surface area contributed by atoms with Gasteiger partial charge in [0.25, 0.3) is 0 Å². The molecule has 0 spiro atoms. The molecule has 0 heterocycles. The van der Waals surface area contributed by atoms with Gasteiger partial charge in [0.1, 0.15) is 0 Å². The number of hydrogen-bond acceptors (Lipinski definition) is 2. The maximum Gasteiger partial charge on any atom is 0.201 e. The predicted octanol–water partition coefficient (Wildman–Crippen LogP) is 8.41. The Kier molecular flexibility index (Phi) is 8.15. The highest BCUT2D eigenvalue weighted by atomic mass is 19.2. The van der Waals surface area contributed by atoms with Crippen LogP contribution in [0, 0.1) is 40.8 Å². The smallest absolute Gasteiger partial charge is 0.201 e. The van der Waals surface area contributed by atoms with Gasteiger partial charge in [0.2, 0.25) is 11.6 Å². The minimum atomic E-state index is -1.31. The highest BCUT2D eigenvalue weighted by Gasteiger charge is 2.24. The van der Waals surface area contributed by atoms with E-state index < -0.39 is 40.5 Å². The molecule has 3 aromatic carbocycles. The van der Waals surface area contributed by atoms with Crippen LogP contribution in [-0.4, -0.2) is 13.7 Å². The minimum Gasteiger partial charge on any atom is -0.494 e. The molecule has 1 aliphatic carbocycles. The number of rotatable bonds is 8. The van der Waals surface area contributed by atoms with Gasteiger partial charge in [0.05, 0.1) is 13.7 Å². The van der Waals surface area contributed by atoms with Gasteiger partial charge >= 0.3 is 0 Å². The molecule has 3 aromatic rings. The van der Waals surface area contributed by atoms with Crippen LogP contribution >= 0.6 is 0 Å². The molecule has 0 N–H and O–H groups in total. The SMILES string of the molecule is CCOc1ccc(-c2ccc(C3=CCC(CCc4ccc(OC)c(F)c4F)CC3)c(F)c2F)c(F)c1F. The van der Waals surface area contributed by atoms with Crippen molar-refractivity contribution in [2.75, 3.05) is 13.7 Å². The second-order valence-corrected chi connectivity index (χ2v) is 8.92. The summed E-state index contributed by atoms with van der Waals surface area (Å²) in [7, 11) is 1.27. The summed E-state index contributed by atoms with van der Waals surface area (Å²) in [6, 6.07) is 7.83. The first-order valence-corrected chi connectivity index (χ1v) is 12.1. The zero-order valence-corrected chi connectivity index (χ0v) is 20.4. The molecule has 1 atom stereocenters. The summed E-state index contributed by atoms with van der Waals surface area (Å²) < 4.78 is 96.8. The maximum absolute atomic E-state index is 15.0. The standard InChI is InChI=1S/C29H26F6O2/c1-3-37-23-15-13-21(27(33)29(23)35)20-12-11-19(25(31)26(20)32)17-7-4-16(5-8-17)6-9-18-10-14-22(36-2)28(34)24(18)30/h7,10-16H,3-6,8-9H2,1-2H3. The van der Waals surface area contributed by atoms with E-state index in [1.807, 2.05) is 6.08 Å². The van der Waals surface area contributed by atoms with Crippen LogP contribution in [0.3, 0.4) is 0 Å². The van der Waals surface area contributed by atoms with Gasteiger partial charge in [-0.05, 0) is 74.3 Å². The van der Waals surface area contributed by atoms with Crippen molar-refractivity contribution in [3.63, 3.8) is 0 Å². The highest BCUT2D eigenvalue weighted by molar-refractivity contribution is 5.72. The largest absolute Gasteiger partial charge is 0.494 e. The molecule has 0 aromatic heterocycles. The lowest BCUT2D eigenvalue weighted by Crippen LogP contribution is -2.09. The third-order valence-corrected chi connectivity index (χ3v) is 6.75. The van der Waals surface area contributed by atoms with Crippen molar-refractivity contribution in [1.82, 2.24) is 0 Å². The van der Waals surface area contributed by atoms with E-state index in [9.17, 15) is 22.0 Å². The molecule has 4 rings (SSSR count). The first-order valence-electron chi connectivity index (χ1n) is 12.1. The fourth-order valence-electron chi connectivity index (χ4n) is 4.69. The molecule has 37 heavy (non-hydrogen) atoms. The fraction of sp³-hybridized carbons (Fsp3) is 0.310. The van der Waals surface area contributed by atoms with Crippen LogP contribution in [0.4, 0.5) is 26.3 Å². The van der Waals surface area contributed by atoms with E-state index in [0.717, 1.165) is 6.07 Å². The van der Waals surface area contributed by atoms with Crippen LogP contribution in [0.25, 0.3) is 16.7 Å². The Morgan fingerprint density at radius 1 is 0.730 bits per heavy atom. The summed E-state index contributed by atoms with van der Waals surface area (Å²) >= 11 is 0. The van der Waals surface area contributed by atoms with Gasteiger partial charge in [-0.3, -0.25) is 0 Å². The molecule has 2 nitrogen and oxygen atoms in total. The molecule has 0 fully saturated rings. The van der Waals surface area contributed by atoms with Crippen molar-refractivity contribution in [1.29, 1.82) is 0 Å². The van der Waals surface area contributed by atoms with E-state index >= 15 is 4.39 Å². The summed E-state index contributed by atoms with van der Waals surface area (Å²) in [5.41, 5.74) is 0.149. The summed E-state index contributed by atoms with van der Waals surface area (Å²) in [5.74, 6) is -7.20. The molecule has 0 radical (unpaired) electrons. The third-order valence-electron chi connectivity index (χ3n) is 6.75. The van der Waals surface area contributed by atoms with Crippen LogP contribution < -0.4 is 9.47 Å². The molecule has 1 unspecified atom stereocenters. The molecule has 0 saturated carbocycles. The fourth-order valence-corrected chi connectivity index (χ4v) is 4.69. The van der Waals surface area contributed by atoms with Crippen molar-refractivity contribution in [3.05, 3.63) is 88.5 Å². The second kappa shape index (κ2) is 11.3. The number of aryl methyl sites for hydroxylation is 1. The van der Waals surface area contributed by atoms with Gasteiger partial charge in [-0.1, -0.05) is 24.3 Å². The zero-order chi connectivity index (χ0) is 26.7. The Labute approximate surface area is 211 Å². The van der Waals surface area contributed by atoms with Gasteiger partial charge < -0.3 is 9.47 Å². The number of benzene rings is 3. The predicted molar refractivity (Wildman–Crippen MR) is 129 cm³/mol. The van der Waals surface area contributed by atoms with E-state index in [4.69, 9.17) is 9.47 Å². The number of halogens is 6. The quantitative estimate of drug-likeness (QED) is 0.278. The first-order chi connectivity index (χ1) is 17.8. The van der Waals surface area contributed by atoms with Crippen molar-refractivity contribution in [2.24, 2.45) is 5.92 Å². The number of allylic oxidation sites excluding steroid dienone is 2. The molecular weight excluding hydrogens is 494 g/mol. The Hall–Kier alpha value is -3.42. The van der Waals surface area contributed by atoms with Crippen LogP contribution in [0.5, 0.6) is 11.5 Å². The van der Waals surface area contributed by atoms with Crippen molar-refractivity contribution >= 4 is 5.57 Å². The van der Waals surface area contributed by atoms with Crippen LogP contribution in [0.1, 0.15) is 43.7 Å². The molecule has 0 amide bonds. The molecule has 196 valence electrons. The van der Waals surface area contributed by atoms with Crippen molar-refractivity contribution in [2.45, 2.75) is 39.0 Å².